The molecule has 2 atom stereocenters. The van der Waals surface area contributed by atoms with Crippen LogP contribution in [0, 0.1) is 0 Å². The van der Waals surface area contributed by atoms with Gasteiger partial charge in [0.1, 0.15) is 0 Å². The Bertz CT molecular complexity index is 330. The van der Waals surface area contributed by atoms with Gasteiger partial charge in [0.05, 0.1) is 17.6 Å². The van der Waals surface area contributed by atoms with Gasteiger partial charge in [0.2, 0.25) is 0 Å². The van der Waals surface area contributed by atoms with Crippen molar-refractivity contribution >= 4 is 9.84 Å². The Kier molecular flexibility index (Phi) is 5.37. The van der Waals surface area contributed by atoms with Gasteiger partial charge in [0.25, 0.3) is 0 Å². The van der Waals surface area contributed by atoms with Gasteiger partial charge < -0.3 is 10.4 Å². The molecule has 2 unspecified atom stereocenters. The minimum Gasteiger partial charge on any atom is -0.390 e. The Morgan fingerprint density at radius 1 is 1.47 bits per heavy atom. The Morgan fingerprint density at radius 3 is 2.65 bits per heavy atom. The van der Waals surface area contributed by atoms with Crippen LogP contribution in [-0.2, 0) is 9.84 Å². The lowest BCUT2D eigenvalue weighted by atomic mass is 10.2. The van der Waals surface area contributed by atoms with Crippen LogP contribution in [0.15, 0.2) is 0 Å². The van der Waals surface area contributed by atoms with Gasteiger partial charge in [-0.25, -0.2) is 8.42 Å². The molecule has 0 aliphatic carbocycles. The number of aliphatic hydroxyl groups excluding tert-OH is 1. The van der Waals surface area contributed by atoms with E-state index < -0.39 is 15.9 Å². The molecule has 0 radical (unpaired) electrons. The Balaban J connectivity index is 2.37. The topological polar surface area (TPSA) is 69.6 Å². The molecule has 1 heterocycles. The molecule has 17 heavy (non-hydrogen) atoms. The van der Waals surface area contributed by atoms with E-state index in [1.165, 1.54) is 0 Å². The minimum absolute atomic E-state index is 0.00227. The number of β-amino-alcohol motifs (C(OH)–C–C–N with tert-alkyl or cyclic N) is 1. The monoisotopic (exact) mass is 264 g/mol. The standard InChI is InChI=1S/C11H24N2O3S/c1-9(2)12-6-11(14)7-13-4-5-17(15,16)8-10(13)3/h9-12,14H,4-8H2,1-3H3. The summed E-state index contributed by atoms with van der Waals surface area (Å²) >= 11 is 0. The highest BCUT2D eigenvalue weighted by atomic mass is 32.2. The SMILES string of the molecule is CC(C)NCC(O)CN1CCS(=O)(=O)CC1C. The van der Waals surface area contributed by atoms with Crippen LogP contribution < -0.4 is 5.32 Å². The highest BCUT2D eigenvalue weighted by Crippen LogP contribution is 2.11. The second kappa shape index (κ2) is 6.13. The van der Waals surface area contributed by atoms with Crippen molar-refractivity contribution in [2.75, 3.05) is 31.1 Å². The van der Waals surface area contributed by atoms with Crippen LogP contribution in [-0.4, -0.2) is 67.8 Å². The molecular formula is C11H24N2O3S. The normalized spacial score (nSPS) is 27.2. The fraction of sp³-hybridized carbons (Fsp3) is 1.00. The quantitative estimate of drug-likeness (QED) is 0.698. The average molecular weight is 264 g/mol. The van der Waals surface area contributed by atoms with Crippen LogP contribution in [0.3, 0.4) is 0 Å². The van der Waals surface area contributed by atoms with Gasteiger partial charge in [0, 0.05) is 31.7 Å². The van der Waals surface area contributed by atoms with E-state index in [9.17, 15) is 13.5 Å². The van der Waals surface area contributed by atoms with Gasteiger partial charge >= 0.3 is 0 Å². The molecule has 1 aliphatic heterocycles. The third-order valence-electron chi connectivity index (χ3n) is 3.01. The molecule has 5 nitrogen and oxygen atoms in total. The van der Waals surface area contributed by atoms with E-state index in [2.05, 4.69) is 5.32 Å². The molecule has 0 bridgehead atoms. The van der Waals surface area contributed by atoms with Crippen molar-refractivity contribution < 1.29 is 13.5 Å². The number of nitrogens with zero attached hydrogens (tertiary/aromatic N) is 1. The van der Waals surface area contributed by atoms with Crippen LogP contribution in [0.2, 0.25) is 0 Å². The van der Waals surface area contributed by atoms with Crippen molar-refractivity contribution in [1.82, 2.24) is 10.2 Å². The molecule has 2 N–H and O–H groups in total. The maximum atomic E-state index is 11.4. The second-order valence-corrected chi connectivity index (χ2v) is 7.40. The highest BCUT2D eigenvalue weighted by Gasteiger charge is 2.28. The molecule has 1 saturated heterocycles. The summed E-state index contributed by atoms with van der Waals surface area (Å²) in [5.41, 5.74) is 0. The third kappa shape index (κ3) is 5.33. The molecule has 6 heteroatoms. The lowest BCUT2D eigenvalue weighted by Crippen LogP contribution is -2.51. The second-order valence-electron chi connectivity index (χ2n) is 5.18. The zero-order chi connectivity index (χ0) is 13.1. The van der Waals surface area contributed by atoms with E-state index in [-0.39, 0.29) is 17.5 Å². The molecule has 0 aromatic heterocycles. The van der Waals surface area contributed by atoms with Gasteiger partial charge in [-0.15, -0.1) is 0 Å². The van der Waals surface area contributed by atoms with Crippen molar-refractivity contribution in [3.8, 4) is 0 Å². The Morgan fingerprint density at radius 2 is 2.12 bits per heavy atom. The molecule has 1 fully saturated rings. The van der Waals surface area contributed by atoms with Crippen molar-refractivity contribution in [3.63, 3.8) is 0 Å². The molecule has 1 rings (SSSR count). The summed E-state index contributed by atoms with van der Waals surface area (Å²) in [6.45, 7) is 7.58. The first-order chi connectivity index (χ1) is 7.80. The first-order valence-corrected chi connectivity index (χ1v) is 7.98. The maximum absolute atomic E-state index is 11.4. The molecule has 0 saturated carbocycles. The summed E-state index contributed by atoms with van der Waals surface area (Å²) < 4.78 is 22.8. The van der Waals surface area contributed by atoms with E-state index in [1.807, 2.05) is 25.7 Å². The molecule has 0 aromatic rings. The van der Waals surface area contributed by atoms with Gasteiger partial charge in [-0.1, -0.05) is 13.8 Å². The lowest BCUT2D eigenvalue weighted by Gasteiger charge is -2.34. The van der Waals surface area contributed by atoms with Crippen molar-refractivity contribution in [3.05, 3.63) is 0 Å². The van der Waals surface area contributed by atoms with Crippen molar-refractivity contribution in [1.29, 1.82) is 0 Å². The maximum Gasteiger partial charge on any atom is 0.153 e. The van der Waals surface area contributed by atoms with Crippen LogP contribution in [0.1, 0.15) is 20.8 Å². The van der Waals surface area contributed by atoms with Crippen LogP contribution >= 0.6 is 0 Å². The zero-order valence-electron chi connectivity index (χ0n) is 10.9. The molecule has 0 spiro atoms. The summed E-state index contributed by atoms with van der Waals surface area (Å²) in [6, 6.07) is 0.353. The van der Waals surface area contributed by atoms with Gasteiger partial charge in [0.15, 0.2) is 9.84 Å². The number of rotatable bonds is 5. The summed E-state index contributed by atoms with van der Waals surface area (Å²) in [4.78, 5) is 2.05. The summed E-state index contributed by atoms with van der Waals surface area (Å²) in [5, 5.41) is 13.0. The van der Waals surface area contributed by atoms with E-state index >= 15 is 0 Å². The molecule has 0 aromatic carbocycles. The highest BCUT2D eigenvalue weighted by molar-refractivity contribution is 7.91. The summed E-state index contributed by atoms with van der Waals surface area (Å²) in [6.07, 6.45) is -0.444. The zero-order valence-corrected chi connectivity index (χ0v) is 11.7. The van der Waals surface area contributed by atoms with E-state index in [4.69, 9.17) is 0 Å². The summed E-state index contributed by atoms with van der Waals surface area (Å²) in [7, 11) is -2.87. The van der Waals surface area contributed by atoms with Gasteiger partial charge in [-0.3, -0.25) is 4.90 Å². The Hall–Kier alpha value is -0.170. The summed E-state index contributed by atoms with van der Waals surface area (Å²) in [5.74, 6) is 0.416. The van der Waals surface area contributed by atoms with E-state index in [0.717, 1.165) is 0 Å². The van der Waals surface area contributed by atoms with Gasteiger partial charge in [-0.05, 0) is 6.92 Å². The average Bonchev–Trinajstić information content (AvgIpc) is 2.18. The number of aliphatic hydroxyl groups is 1. The predicted octanol–water partition coefficient (Wildman–Crippen LogP) is -0.536. The fourth-order valence-corrected chi connectivity index (χ4v) is 3.64. The van der Waals surface area contributed by atoms with Crippen LogP contribution in [0.4, 0.5) is 0 Å². The molecule has 0 amide bonds. The number of nitrogens with one attached hydrogen (secondary N) is 1. The number of hydrogen-bond acceptors (Lipinski definition) is 5. The van der Waals surface area contributed by atoms with Crippen LogP contribution in [0.25, 0.3) is 0 Å². The smallest absolute Gasteiger partial charge is 0.153 e. The van der Waals surface area contributed by atoms with E-state index in [1.54, 1.807) is 0 Å². The first-order valence-electron chi connectivity index (χ1n) is 6.16. The molecular weight excluding hydrogens is 240 g/mol. The fourth-order valence-electron chi connectivity index (χ4n) is 2.01. The Labute approximate surface area is 104 Å². The number of hydrogen-bond donors (Lipinski definition) is 2. The van der Waals surface area contributed by atoms with Crippen molar-refractivity contribution in [2.45, 2.75) is 39.0 Å². The predicted molar refractivity (Wildman–Crippen MR) is 68.8 cm³/mol. The van der Waals surface area contributed by atoms with E-state index in [0.29, 0.717) is 25.7 Å². The largest absolute Gasteiger partial charge is 0.390 e. The van der Waals surface area contributed by atoms with Crippen molar-refractivity contribution in [2.24, 2.45) is 0 Å². The first kappa shape index (κ1) is 14.9. The lowest BCUT2D eigenvalue weighted by molar-refractivity contribution is 0.0949. The van der Waals surface area contributed by atoms with Gasteiger partial charge in [-0.2, -0.15) is 0 Å². The molecule has 102 valence electrons. The van der Waals surface area contributed by atoms with Crippen LogP contribution in [0.5, 0.6) is 0 Å². The number of sulfone groups is 1. The molecule has 1 aliphatic rings. The third-order valence-corrected chi connectivity index (χ3v) is 4.81. The minimum atomic E-state index is -2.87.